The molecule has 2 N–H and O–H groups in total. The van der Waals surface area contributed by atoms with Crippen molar-refractivity contribution in [2.75, 3.05) is 0 Å². The highest BCUT2D eigenvalue weighted by atomic mass is 79.9. The van der Waals surface area contributed by atoms with Crippen molar-refractivity contribution >= 4 is 27.8 Å². The molecule has 0 aliphatic heterocycles. The summed E-state index contributed by atoms with van der Waals surface area (Å²) in [5.41, 5.74) is -0.690. The van der Waals surface area contributed by atoms with Crippen molar-refractivity contribution in [3.05, 3.63) is 34.1 Å². The van der Waals surface area contributed by atoms with Crippen LogP contribution in [-0.2, 0) is 16.1 Å². The summed E-state index contributed by atoms with van der Waals surface area (Å²) in [6.07, 6.45) is 0.719. The molecule has 1 fully saturated rings. The van der Waals surface area contributed by atoms with E-state index in [1.165, 1.54) is 12.1 Å². The van der Waals surface area contributed by atoms with Gasteiger partial charge in [-0.05, 0) is 36.6 Å². The molecule has 96 valence electrons. The number of carbonyl (C=O) groups is 2. The van der Waals surface area contributed by atoms with Crippen LogP contribution in [0.1, 0.15) is 18.4 Å². The van der Waals surface area contributed by atoms with Gasteiger partial charge in [-0.1, -0.05) is 15.9 Å². The molecule has 0 bridgehead atoms. The van der Waals surface area contributed by atoms with E-state index in [1.54, 1.807) is 6.07 Å². The Hall–Kier alpha value is -1.43. The molecule has 0 spiro atoms. The zero-order valence-electron chi connectivity index (χ0n) is 9.37. The molecule has 0 radical (unpaired) electrons. The largest absolute Gasteiger partial charge is 0.480 e. The van der Waals surface area contributed by atoms with E-state index in [4.69, 9.17) is 5.11 Å². The van der Waals surface area contributed by atoms with Gasteiger partial charge in [0.1, 0.15) is 11.2 Å². The Morgan fingerprint density at radius 3 is 2.67 bits per heavy atom. The fourth-order valence-corrected chi connectivity index (χ4v) is 2.07. The molecular weight excluding hydrogens is 305 g/mol. The van der Waals surface area contributed by atoms with E-state index in [0.717, 1.165) is 0 Å². The van der Waals surface area contributed by atoms with Crippen LogP contribution in [0.5, 0.6) is 0 Å². The summed E-state index contributed by atoms with van der Waals surface area (Å²) in [4.78, 5) is 22.7. The molecule has 2 rings (SSSR count). The fraction of sp³-hybridized carbons (Fsp3) is 0.333. The number of hydrogen-bond donors (Lipinski definition) is 2. The molecule has 6 heteroatoms. The summed E-state index contributed by atoms with van der Waals surface area (Å²) < 4.78 is 13.7. The summed E-state index contributed by atoms with van der Waals surface area (Å²) in [5, 5.41) is 11.5. The third-order valence-electron chi connectivity index (χ3n) is 3.04. The molecule has 4 nitrogen and oxygen atoms in total. The Balaban J connectivity index is 2.02. The highest BCUT2D eigenvalue weighted by molar-refractivity contribution is 9.10. The van der Waals surface area contributed by atoms with Crippen LogP contribution in [0.15, 0.2) is 22.7 Å². The maximum Gasteiger partial charge on any atom is 0.319 e. The van der Waals surface area contributed by atoms with Crippen molar-refractivity contribution in [2.45, 2.75) is 19.4 Å². The van der Waals surface area contributed by atoms with Crippen LogP contribution in [0.3, 0.4) is 0 Å². The van der Waals surface area contributed by atoms with E-state index in [1.807, 2.05) is 0 Å². The van der Waals surface area contributed by atoms with Gasteiger partial charge in [0.15, 0.2) is 0 Å². The minimum atomic E-state index is -1.26. The van der Waals surface area contributed by atoms with Crippen molar-refractivity contribution in [3.8, 4) is 0 Å². The minimum Gasteiger partial charge on any atom is -0.480 e. The Bertz CT molecular complexity index is 514. The van der Waals surface area contributed by atoms with Crippen LogP contribution < -0.4 is 5.32 Å². The SMILES string of the molecule is O=C(O)C1(C(=O)NCc2cc(F)ccc2Br)CC1. The average molecular weight is 316 g/mol. The van der Waals surface area contributed by atoms with E-state index in [0.29, 0.717) is 22.9 Å². The standard InChI is InChI=1S/C12H11BrFNO3/c13-9-2-1-8(14)5-7(9)6-15-10(16)12(3-4-12)11(17)18/h1-2,5H,3-4,6H2,(H,15,16)(H,17,18). The monoisotopic (exact) mass is 315 g/mol. The lowest BCUT2D eigenvalue weighted by atomic mass is 10.1. The predicted octanol–water partition coefficient (Wildman–Crippen LogP) is 2.07. The predicted molar refractivity (Wildman–Crippen MR) is 65.2 cm³/mol. The normalized spacial score (nSPS) is 16.1. The number of carbonyl (C=O) groups excluding carboxylic acids is 1. The van der Waals surface area contributed by atoms with Crippen molar-refractivity contribution in [2.24, 2.45) is 5.41 Å². The number of hydrogen-bond acceptors (Lipinski definition) is 2. The maximum absolute atomic E-state index is 13.0. The summed E-state index contributed by atoms with van der Waals surface area (Å²) in [6.45, 7) is 0.103. The fourth-order valence-electron chi connectivity index (χ4n) is 1.69. The molecule has 1 amide bonds. The molecule has 0 heterocycles. The summed E-state index contributed by atoms with van der Waals surface area (Å²) >= 11 is 3.24. The number of carboxylic acid groups (broad SMARTS) is 1. The van der Waals surface area contributed by atoms with Gasteiger partial charge in [0.25, 0.3) is 0 Å². The number of carboxylic acids is 1. The molecule has 1 aromatic rings. The average Bonchev–Trinajstić information content (AvgIpc) is 3.11. The lowest BCUT2D eigenvalue weighted by Gasteiger charge is -2.11. The molecule has 0 unspecified atom stereocenters. The molecule has 1 aliphatic rings. The van der Waals surface area contributed by atoms with Crippen molar-refractivity contribution < 1.29 is 19.1 Å². The van der Waals surface area contributed by atoms with Gasteiger partial charge in [-0.3, -0.25) is 9.59 Å². The molecule has 0 atom stereocenters. The van der Waals surface area contributed by atoms with Crippen LogP contribution in [0, 0.1) is 11.2 Å². The zero-order chi connectivity index (χ0) is 13.3. The van der Waals surface area contributed by atoms with Gasteiger partial charge in [0.2, 0.25) is 5.91 Å². The Morgan fingerprint density at radius 2 is 2.11 bits per heavy atom. The van der Waals surface area contributed by atoms with E-state index in [9.17, 15) is 14.0 Å². The molecule has 1 aliphatic carbocycles. The number of rotatable bonds is 4. The second-order valence-corrected chi connectivity index (χ2v) is 5.16. The van der Waals surface area contributed by atoms with E-state index in [-0.39, 0.29) is 6.54 Å². The summed E-state index contributed by atoms with van der Waals surface area (Å²) in [7, 11) is 0. The highest BCUT2D eigenvalue weighted by Crippen LogP contribution is 2.46. The molecule has 18 heavy (non-hydrogen) atoms. The third-order valence-corrected chi connectivity index (χ3v) is 3.81. The number of halogens is 2. The highest BCUT2D eigenvalue weighted by Gasteiger charge is 2.56. The first kappa shape index (κ1) is 13.0. The first-order valence-corrected chi connectivity index (χ1v) is 6.21. The van der Waals surface area contributed by atoms with Crippen molar-refractivity contribution in [3.63, 3.8) is 0 Å². The van der Waals surface area contributed by atoms with Gasteiger partial charge in [-0.15, -0.1) is 0 Å². The van der Waals surface area contributed by atoms with Gasteiger partial charge in [0.05, 0.1) is 0 Å². The lowest BCUT2D eigenvalue weighted by Crippen LogP contribution is -2.36. The Kier molecular flexibility index (Phi) is 3.38. The number of aliphatic carboxylic acids is 1. The van der Waals surface area contributed by atoms with E-state index >= 15 is 0 Å². The molecule has 1 aromatic carbocycles. The second kappa shape index (κ2) is 4.68. The smallest absolute Gasteiger partial charge is 0.319 e. The zero-order valence-corrected chi connectivity index (χ0v) is 11.0. The number of amides is 1. The molecule has 0 saturated heterocycles. The molecule has 0 aromatic heterocycles. The van der Waals surface area contributed by atoms with Gasteiger partial charge >= 0.3 is 5.97 Å². The van der Waals surface area contributed by atoms with Crippen LogP contribution in [0.4, 0.5) is 4.39 Å². The lowest BCUT2D eigenvalue weighted by molar-refractivity contribution is -0.149. The molecular formula is C12H11BrFNO3. The van der Waals surface area contributed by atoms with Gasteiger partial charge in [0, 0.05) is 11.0 Å². The number of benzene rings is 1. The molecule has 1 saturated carbocycles. The van der Waals surface area contributed by atoms with E-state index in [2.05, 4.69) is 21.2 Å². The Labute approximate surface area is 111 Å². The van der Waals surface area contributed by atoms with Gasteiger partial charge in [-0.25, -0.2) is 4.39 Å². The summed E-state index contributed by atoms with van der Waals surface area (Å²) in [5.74, 6) is -2.01. The van der Waals surface area contributed by atoms with E-state index < -0.39 is 23.1 Å². The third kappa shape index (κ3) is 2.38. The van der Waals surface area contributed by atoms with Gasteiger partial charge < -0.3 is 10.4 Å². The first-order chi connectivity index (χ1) is 8.45. The Morgan fingerprint density at radius 1 is 1.44 bits per heavy atom. The number of nitrogens with one attached hydrogen (secondary N) is 1. The first-order valence-electron chi connectivity index (χ1n) is 5.41. The van der Waals surface area contributed by atoms with Crippen LogP contribution in [-0.4, -0.2) is 17.0 Å². The van der Waals surface area contributed by atoms with Crippen LogP contribution in [0.2, 0.25) is 0 Å². The summed E-state index contributed by atoms with van der Waals surface area (Å²) in [6, 6.07) is 4.14. The maximum atomic E-state index is 13.0. The van der Waals surface area contributed by atoms with Crippen LogP contribution in [0.25, 0.3) is 0 Å². The van der Waals surface area contributed by atoms with Crippen LogP contribution >= 0.6 is 15.9 Å². The minimum absolute atomic E-state index is 0.103. The second-order valence-electron chi connectivity index (χ2n) is 4.31. The van der Waals surface area contributed by atoms with Crippen molar-refractivity contribution in [1.29, 1.82) is 0 Å². The topological polar surface area (TPSA) is 66.4 Å². The van der Waals surface area contributed by atoms with Crippen molar-refractivity contribution in [1.82, 2.24) is 5.32 Å². The quantitative estimate of drug-likeness (QED) is 0.836. The van der Waals surface area contributed by atoms with Gasteiger partial charge in [-0.2, -0.15) is 0 Å².